The molecule has 0 bridgehead atoms. The van der Waals surface area contributed by atoms with Gasteiger partial charge in [-0.05, 0) is 48.5 Å². The summed E-state index contributed by atoms with van der Waals surface area (Å²) in [5, 5.41) is 11.0. The van der Waals surface area contributed by atoms with Crippen LogP contribution in [0.15, 0.2) is 48.5 Å². The molecule has 5 heteroatoms. The Morgan fingerprint density at radius 2 is 1.70 bits per heavy atom. The van der Waals surface area contributed by atoms with Gasteiger partial charge in [-0.2, -0.15) is 0 Å². The average molecular weight is 306 g/mol. The van der Waals surface area contributed by atoms with Gasteiger partial charge in [-0.15, -0.1) is 0 Å². The van der Waals surface area contributed by atoms with Crippen molar-refractivity contribution < 1.29 is 9.84 Å². The molecule has 0 radical (unpaired) electrons. The molecule has 0 saturated heterocycles. The highest BCUT2D eigenvalue weighted by atomic mass is 35.5. The number of aromatic hydroxyl groups is 1. The Morgan fingerprint density at radius 3 is 2.45 bits per heavy atom. The molecule has 20 heavy (non-hydrogen) atoms. The number of phenolic OH excluding ortho intramolecular Hbond substituents is 1. The zero-order valence-electron chi connectivity index (χ0n) is 10.2. The van der Waals surface area contributed by atoms with E-state index in [0.717, 1.165) is 10.9 Å². The standard InChI is InChI=1S/C15H9Cl2NO2/c16-10-1-6-13-9(7-10)8-14(15(17)18-13)20-12-4-2-11(19)3-5-12/h1-8,19H. The Balaban J connectivity index is 2.02. The highest BCUT2D eigenvalue weighted by molar-refractivity contribution is 6.32. The summed E-state index contributed by atoms with van der Waals surface area (Å²) in [6.45, 7) is 0. The second kappa shape index (κ2) is 5.19. The summed E-state index contributed by atoms with van der Waals surface area (Å²) in [6, 6.07) is 13.5. The van der Waals surface area contributed by atoms with Crippen molar-refractivity contribution in [2.75, 3.05) is 0 Å². The normalized spacial score (nSPS) is 10.7. The van der Waals surface area contributed by atoms with E-state index < -0.39 is 0 Å². The number of halogens is 2. The third kappa shape index (κ3) is 2.64. The molecular formula is C15H9Cl2NO2. The molecule has 0 aliphatic heterocycles. The van der Waals surface area contributed by atoms with Crippen molar-refractivity contribution in [3.63, 3.8) is 0 Å². The molecule has 2 aromatic carbocycles. The third-order valence-electron chi connectivity index (χ3n) is 2.76. The number of hydrogen-bond acceptors (Lipinski definition) is 3. The van der Waals surface area contributed by atoms with Crippen LogP contribution in [0.2, 0.25) is 10.2 Å². The molecule has 0 unspecified atom stereocenters. The third-order valence-corrected chi connectivity index (χ3v) is 3.27. The predicted molar refractivity (Wildman–Crippen MR) is 79.9 cm³/mol. The van der Waals surface area contributed by atoms with E-state index in [1.54, 1.807) is 36.4 Å². The van der Waals surface area contributed by atoms with Crippen LogP contribution in [0.5, 0.6) is 17.2 Å². The van der Waals surface area contributed by atoms with Crippen LogP contribution in [-0.2, 0) is 0 Å². The zero-order valence-corrected chi connectivity index (χ0v) is 11.7. The molecule has 1 N–H and O–H groups in total. The fraction of sp³-hybridized carbons (Fsp3) is 0. The van der Waals surface area contributed by atoms with E-state index in [2.05, 4.69) is 4.98 Å². The van der Waals surface area contributed by atoms with Crippen LogP contribution in [-0.4, -0.2) is 10.1 Å². The molecule has 3 rings (SSSR count). The molecule has 0 aliphatic rings. The Labute approximate surface area is 125 Å². The first-order valence-electron chi connectivity index (χ1n) is 5.84. The second-order valence-electron chi connectivity index (χ2n) is 4.21. The van der Waals surface area contributed by atoms with Crippen LogP contribution in [0, 0.1) is 0 Å². The van der Waals surface area contributed by atoms with E-state index >= 15 is 0 Å². The molecular weight excluding hydrogens is 297 g/mol. The SMILES string of the molecule is Oc1ccc(Oc2cc3cc(Cl)ccc3nc2Cl)cc1. The number of aromatic nitrogens is 1. The highest BCUT2D eigenvalue weighted by Crippen LogP contribution is 2.32. The van der Waals surface area contributed by atoms with Crippen molar-refractivity contribution >= 4 is 34.1 Å². The van der Waals surface area contributed by atoms with Gasteiger partial charge in [-0.1, -0.05) is 23.2 Å². The summed E-state index contributed by atoms with van der Waals surface area (Å²) < 4.78 is 5.66. The van der Waals surface area contributed by atoms with Crippen molar-refractivity contribution in [1.29, 1.82) is 0 Å². The number of hydrogen-bond donors (Lipinski definition) is 1. The maximum absolute atomic E-state index is 9.24. The van der Waals surface area contributed by atoms with Crippen molar-refractivity contribution in [3.05, 3.63) is 58.7 Å². The van der Waals surface area contributed by atoms with E-state index in [0.29, 0.717) is 16.5 Å². The van der Waals surface area contributed by atoms with Gasteiger partial charge in [0.05, 0.1) is 5.52 Å². The largest absolute Gasteiger partial charge is 0.508 e. The smallest absolute Gasteiger partial charge is 0.172 e. The van der Waals surface area contributed by atoms with Gasteiger partial charge in [0.1, 0.15) is 11.5 Å². The molecule has 0 spiro atoms. The minimum atomic E-state index is 0.173. The fourth-order valence-corrected chi connectivity index (χ4v) is 2.18. The lowest BCUT2D eigenvalue weighted by molar-refractivity contribution is 0.464. The zero-order chi connectivity index (χ0) is 14.1. The maximum Gasteiger partial charge on any atom is 0.172 e. The lowest BCUT2D eigenvalue weighted by Gasteiger charge is -2.08. The summed E-state index contributed by atoms with van der Waals surface area (Å²) in [6.07, 6.45) is 0. The van der Waals surface area contributed by atoms with E-state index in [1.807, 2.05) is 0 Å². The topological polar surface area (TPSA) is 42.4 Å². The minimum Gasteiger partial charge on any atom is -0.508 e. The van der Waals surface area contributed by atoms with Gasteiger partial charge in [0.2, 0.25) is 0 Å². The minimum absolute atomic E-state index is 0.173. The quantitative estimate of drug-likeness (QED) is 0.674. The van der Waals surface area contributed by atoms with E-state index in [-0.39, 0.29) is 10.9 Å². The Hall–Kier alpha value is -1.97. The molecule has 3 aromatic rings. The molecule has 0 saturated carbocycles. The van der Waals surface area contributed by atoms with Gasteiger partial charge in [-0.25, -0.2) is 4.98 Å². The van der Waals surface area contributed by atoms with Crippen molar-refractivity contribution in [2.45, 2.75) is 0 Å². The summed E-state index contributed by atoms with van der Waals surface area (Å²) in [7, 11) is 0. The van der Waals surface area contributed by atoms with Crippen LogP contribution in [0.25, 0.3) is 10.9 Å². The lowest BCUT2D eigenvalue weighted by atomic mass is 10.2. The van der Waals surface area contributed by atoms with Gasteiger partial charge < -0.3 is 9.84 Å². The Bertz CT molecular complexity index is 773. The van der Waals surface area contributed by atoms with Gasteiger partial charge in [0, 0.05) is 10.4 Å². The van der Waals surface area contributed by atoms with Crippen LogP contribution >= 0.6 is 23.2 Å². The molecule has 100 valence electrons. The fourth-order valence-electron chi connectivity index (χ4n) is 1.82. The summed E-state index contributed by atoms with van der Waals surface area (Å²) in [5.41, 5.74) is 0.748. The van der Waals surface area contributed by atoms with E-state index in [4.69, 9.17) is 27.9 Å². The van der Waals surface area contributed by atoms with Crippen LogP contribution in [0.1, 0.15) is 0 Å². The molecule has 3 nitrogen and oxygen atoms in total. The monoisotopic (exact) mass is 305 g/mol. The van der Waals surface area contributed by atoms with Crippen molar-refractivity contribution in [2.24, 2.45) is 0 Å². The van der Waals surface area contributed by atoms with E-state index in [1.165, 1.54) is 12.1 Å². The van der Waals surface area contributed by atoms with Crippen molar-refractivity contribution in [3.8, 4) is 17.2 Å². The molecule has 1 heterocycles. The van der Waals surface area contributed by atoms with Gasteiger partial charge in [0.15, 0.2) is 10.9 Å². The van der Waals surface area contributed by atoms with Gasteiger partial charge in [-0.3, -0.25) is 0 Å². The lowest BCUT2D eigenvalue weighted by Crippen LogP contribution is -1.89. The number of fused-ring (bicyclic) bond motifs is 1. The second-order valence-corrected chi connectivity index (χ2v) is 5.00. The Morgan fingerprint density at radius 1 is 0.950 bits per heavy atom. The van der Waals surface area contributed by atoms with Gasteiger partial charge >= 0.3 is 0 Å². The number of phenols is 1. The number of benzene rings is 2. The first-order chi connectivity index (χ1) is 9.61. The predicted octanol–water partition coefficient (Wildman–Crippen LogP) is 5.04. The van der Waals surface area contributed by atoms with Crippen LogP contribution in [0.3, 0.4) is 0 Å². The number of nitrogens with zero attached hydrogens (tertiary/aromatic N) is 1. The average Bonchev–Trinajstić information content (AvgIpc) is 2.42. The van der Waals surface area contributed by atoms with Crippen molar-refractivity contribution in [1.82, 2.24) is 4.98 Å². The highest BCUT2D eigenvalue weighted by Gasteiger charge is 2.08. The summed E-state index contributed by atoms with van der Waals surface area (Å²) in [4.78, 5) is 4.26. The molecule has 0 aliphatic carbocycles. The first-order valence-corrected chi connectivity index (χ1v) is 6.60. The molecule has 0 atom stereocenters. The summed E-state index contributed by atoms with van der Waals surface area (Å²) in [5.74, 6) is 1.17. The van der Waals surface area contributed by atoms with Crippen LogP contribution in [0.4, 0.5) is 0 Å². The van der Waals surface area contributed by atoms with Crippen LogP contribution < -0.4 is 4.74 Å². The Kier molecular flexibility index (Phi) is 3.38. The van der Waals surface area contributed by atoms with Gasteiger partial charge in [0.25, 0.3) is 0 Å². The number of ether oxygens (including phenoxy) is 1. The van der Waals surface area contributed by atoms with E-state index in [9.17, 15) is 5.11 Å². The number of rotatable bonds is 2. The summed E-state index contributed by atoms with van der Waals surface area (Å²) >= 11 is 12.1. The first kappa shape index (κ1) is 13.0. The molecule has 1 aromatic heterocycles. The number of pyridine rings is 1. The maximum atomic E-state index is 9.24. The molecule has 0 fully saturated rings. The molecule has 0 amide bonds.